The molecule has 0 saturated heterocycles. The van der Waals surface area contributed by atoms with Crippen LogP contribution >= 0.6 is 0 Å². The van der Waals surface area contributed by atoms with E-state index in [1.807, 2.05) is 0 Å². The molecule has 2 aliphatic carbocycles. The molecule has 0 spiro atoms. The average molecular weight is 244 g/mol. The van der Waals surface area contributed by atoms with Crippen LogP contribution in [0.5, 0.6) is 0 Å². The van der Waals surface area contributed by atoms with Crippen LogP contribution in [0.15, 0.2) is 24.3 Å². The van der Waals surface area contributed by atoms with Crippen LogP contribution in [0, 0.1) is 5.92 Å². The molecule has 0 bridgehead atoms. The highest BCUT2D eigenvalue weighted by atomic mass is 16.3. The second-order valence-corrected chi connectivity index (χ2v) is 6.14. The smallest absolute Gasteiger partial charge is 0.0818 e. The minimum absolute atomic E-state index is 0.234. The maximum absolute atomic E-state index is 10.6. The summed E-state index contributed by atoms with van der Waals surface area (Å²) in [5.74, 6) is 1.27. The first kappa shape index (κ1) is 12.2. The van der Waals surface area contributed by atoms with Gasteiger partial charge in [-0.25, -0.2) is 0 Å². The van der Waals surface area contributed by atoms with Gasteiger partial charge >= 0.3 is 0 Å². The van der Waals surface area contributed by atoms with E-state index in [-0.39, 0.29) is 6.10 Å². The average Bonchev–Trinajstić information content (AvgIpc) is 3.24. The summed E-state index contributed by atoms with van der Waals surface area (Å²) < 4.78 is 0. The van der Waals surface area contributed by atoms with Gasteiger partial charge in [0.15, 0.2) is 0 Å². The van der Waals surface area contributed by atoms with Crippen molar-refractivity contribution in [2.75, 3.05) is 0 Å². The molecule has 1 nitrogen and oxygen atoms in total. The molecule has 1 N–H and O–H groups in total. The van der Waals surface area contributed by atoms with Crippen LogP contribution in [0.25, 0.3) is 0 Å². The van der Waals surface area contributed by atoms with Crippen LogP contribution < -0.4 is 0 Å². The number of aliphatic hydroxyl groups excluding tert-OH is 1. The SMILES string of the molecule is OC(c1cccc(C2CC2)c1)C1CCCCCC1. The fourth-order valence-electron chi connectivity index (χ4n) is 3.31. The number of hydrogen-bond donors (Lipinski definition) is 1. The molecule has 0 aromatic heterocycles. The molecule has 3 rings (SSSR count). The van der Waals surface area contributed by atoms with E-state index in [4.69, 9.17) is 0 Å². The van der Waals surface area contributed by atoms with Crippen molar-refractivity contribution in [3.8, 4) is 0 Å². The third-order valence-electron chi connectivity index (χ3n) is 4.65. The van der Waals surface area contributed by atoms with E-state index in [2.05, 4.69) is 24.3 Å². The highest BCUT2D eigenvalue weighted by Crippen LogP contribution is 2.41. The summed E-state index contributed by atoms with van der Waals surface area (Å²) in [6.45, 7) is 0. The van der Waals surface area contributed by atoms with Crippen LogP contribution in [0.3, 0.4) is 0 Å². The van der Waals surface area contributed by atoms with E-state index in [1.165, 1.54) is 56.9 Å². The van der Waals surface area contributed by atoms with Gasteiger partial charge in [-0.1, -0.05) is 49.9 Å². The van der Waals surface area contributed by atoms with Gasteiger partial charge in [0.1, 0.15) is 0 Å². The van der Waals surface area contributed by atoms with Gasteiger partial charge < -0.3 is 5.11 Å². The van der Waals surface area contributed by atoms with Crippen LogP contribution in [-0.4, -0.2) is 5.11 Å². The molecule has 0 amide bonds. The molecule has 2 saturated carbocycles. The van der Waals surface area contributed by atoms with E-state index < -0.39 is 0 Å². The Hall–Kier alpha value is -0.820. The van der Waals surface area contributed by atoms with Crippen molar-refractivity contribution in [2.45, 2.75) is 63.4 Å². The van der Waals surface area contributed by atoms with Crippen molar-refractivity contribution >= 4 is 0 Å². The zero-order valence-electron chi connectivity index (χ0n) is 11.1. The second-order valence-electron chi connectivity index (χ2n) is 6.14. The summed E-state index contributed by atoms with van der Waals surface area (Å²) in [4.78, 5) is 0. The normalized spacial score (nSPS) is 23.6. The maximum Gasteiger partial charge on any atom is 0.0818 e. The number of rotatable bonds is 3. The molecule has 2 fully saturated rings. The third kappa shape index (κ3) is 2.77. The van der Waals surface area contributed by atoms with Crippen molar-refractivity contribution in [2.24, 2.45) is 5.92 Å². The van der Waals surface area contributed by atoms with Crippen molar-refractivity contribution in [1.29, 1.82) is 0 Å². The first-order valence-corrected chi connectivity index (χ1v) is 7.62. The molecule has 1 unspecified atom stereocenters. The van der Waals surface area contributed by atoms with Gasteiger partial charge in [0.2, 0.25) is 0 Å². The van der Waals surface area contributed by atoms with Crippen molar-refractivity contribution in [3.63, 3.8) is 0 Å². The lowest BCUT2D eigenvalue weighted by Crippen LogP contribution is -2.12. The Kier molecular flexibility index (Phi) is 3.69. The summed E-state index contributed by atoms with van der Waals surface area (Å²) in [6.07, 6.45) is 10.1. The van der Waals surface area contributed by atoms with Gasteiger partial charge in [-0.15, -0.1) is 0 Å². The monoisotopic (exact) mass is 244 g/mol. The van der Waals surface area contributed by atoms with E-state index in [1.54, 1.807) is 0 Å². The fraction of sp³-hybridized carbons (Fsp3) is 0.647. The molecule has 2 aliphatic rings. The van der Waals surface area contributed by atoms with Crippen molar-refractivity contribution < 1.29 is 5.11 Å². The summed E-state index contributed by atoms with van der Waals surface area (Å²) in [5, 5.41) is 10.6. The Balaban J connectivity index is 1.73. The van der Waals surface area contributed by atoms with Crippen molar-refractivity contribution in [1.82, 2.24) is 0 Å². The summed E-state index contributed by atoms with van der Waals surface area (Å²) in [5.41, 5.74) is 2.60. The van der Waals surface area contributed by atoms with E-state index in [0.29, 0.717) is 5.92 Å². The number of aliphatic hydroxyl groups is 1. The quantitative estimate of drug-likeness (QED) is 0.772. The molecule has 98 valence electrons. The third-order valence-corrected chi connectivity index (χ3v) is 4.65. The molecule has 0 heterocycles. The Morgan fingerprint density at radius 3 is 2.33 bits per heavy atom. The predicted molar refractivity (Wildman–Crippen MR) is 74.6 cm³/mol. The topological polar surface area (TPSA) is 20.2 Å². The molecular formula is C17H24O. The Bertz CT molecular complexity index is 386. The highest BCUT2D eigenvalue weighted by molar-refractivity contribution is 5.30. The van der Waals surface area contributed by atoms with Gasteiger partial charge in [0.25, 0.3) is 0 Å². The minimum Gasteiger partial charge on any atom is -0.388 e. The molecule has 0 aliphatic heterocycles. The second kappa shape index (κ2) is 5.44. The standard InChI is InChI=1S/C17H24O/c18-17(14-6-3-1-2-4-7-14)16-9-5-8-15(12-16)13-10-11-13/h5,8-9,12-14,17-18H,1-4,6-7,10-11H2. The summed E-state index contributed by atoms with van der Waals surface area (Å²) >= 11 is 0. The van der Waals surface area contributed by atoms with Gasteiger partial charge in [-0.2, -0.15) is 0 Å². The lowest BCUT2D eigenvalue weighted by atomic mass is 9.88. The van der Waals surface area contributed by atoms with Crippen LogP contribution in [-0.2, 0) is 0 Å². The fourth-order valence-corrected chi connectivity index (χ4v) is 3.31. The van der Waals surface area contributed by atoms with E-state index in [0.717, 1.165) is 11.5 Å². The molecule has 1 aromatic rings. The Labute approximate surface area is 110 Å². The number of benzene rings is 1. The zero-order valence-corrected chi connectivity index (χ0v) is 11.1. The molecule has 1 atom stereocenters. The van der Waals surface area contributed by atoms with Gasteiger partial charge in [-0.05, 0) is 48.6 Å². The van der Waals surface area contributed by atoms with Crippen molar-refractivity contribution in [3.05, 3.63) is 35.4 Å². The Morgan fingerprint density at radius 1 is 0.944 bits per heavy atom. The minimum atomic E-state index is -0.234. The highest BCUT2D eigenvalue weighted by Gasteiger charge is 2.26. The first-order chi connectivity index (χ1) is 8.84. The summed E-state index contributed by atoms with van der Waals surface area (Å²) in [6, 6.07) is 8.72. The molecule has 0 radical (unpaired) electrons. The predicted octanol–water partition coefficient (Wildman–Crippen LogP) is 4.57. The van der Waals surface area contributed by atoms with E-state index in [9.17, 15) is 5.11 Å². The van der Waals surface area contributed by atoms with Crippen LogP contribution in [0.4, 0.5) is 0 Å². The number of hydrogen-bond acceptors (Lipinski definition) is 1. The molecular weight excluding hydrogens is 220 g/mol. The zero-order chi connectivity index (χ0) is 12.4. The lowest BCUT2D eigenvalue weighted by molar-refractivity contribution is 0.0987. The molecule has 1 aromatic carbocycles. The van der Waals surface area contributed by atoms with E-state index >= 15 is 0 Å². The van der Waals surface area contributed by atoms with Gasteiger partial charge in [0, 0.05) is 0 Å². The maximum atomic E-state index is 10.6. The van der Waals surface area contributed by atoms with Gasteiger partial charge in [0.05, 0.1) is 6.10 Å². The largest absolute Gasteiger partial charge is 0.388 e. The first-order valence-electron chi connectivity index (χ1n) is 7.62. The van der Waals surface area contributed by atoms with Gasteiger partial charge in [-0.3, -0.25) is 0 Å². The lowest BCUT2D eigenvalue weighted by Gasteiger charge is -2.22. The molecule has 1 heteroatoms. The van der Waals surface area contributed by atoms with Crippen LogP contribution in [0.2, 0.25) is 0 Å². The summed E-state index contributed by atoms with van der Waals surface area (Å²) in [7, 11) is 0. The Morgan fingerprint density at radius 2 is 1.67 bits per heavy atom. The van der Waals surface area contributed by atoms with Crippen LogP contribution in [0.1, 0.15) is 74.5 Å². The molecule has 18 heavy (non-hydrogen) atoms.